The Morgan fingerprint density at radius 1 is 1.14 bits per heavy atom. The monoisotopic (exact) mass is 575 g/mol. The summed E-state index contributed by atoms with van der Waals surface area (Å²) in [6, 6.07) is 12.1. The molecule has 2 N–H and O–H groups in total. The Balaban J connectivity index is 1.59. The predicted molar refractivity (Wildman–Crippen MR) is 139 cm³/mol. The van der Waals surface area contributed by atoms with E-state index in [1.807, 2.05) is 30.3 Å². The molecule has 8 nitrogen and oxygen atoms in total. The molecule has 1 aliphatic rings. The fourth-order valence-electron chi connectivity index (χ4n) is 4.44. The number of Topliss-reactive ketones (excluding diaryl/α,β-unsaturated/α-hetero) is 1. The van der Waals surface area contributed by atoms with Gasteiger partial charge in [0.2, 0.25) is 0 Å². The number of ether oxygens (including phenoxy) is 1. The number of halogens is 3. The topological polar surface area (TPSA) is 88.5 Å². The molecule has 2 amide bonds. The van der Waals surface area contributed by atoms with Gasteiger partial charge in [-0.15, -0.1) is 0 Å². The van der Waals surface area contributed by atoms with Crippen molar-refractivity contribution in [2.45, 2.75) is 25.3 Å². The summed E-state index contributed by atoms with van der Waals surface area (Å²) in [6.07, 6.45) is 0.255. The van der Waals surface area contributed by atoms with E-state index in [1.54, 1.807) is 20.1 Å². The van der Waals surface area contributed by atoms with Crippen LogP contribution in [0.5, 0.6) is 0 Å². The zero-order chi connectivity index (χ0) is 26.5. The minimum Gasteiger partial charge on any atom is -0.383 e. The normalized spacial score (nSPS) is 17.6. The van der Waals surface area contributed by atoms with Crippen molar-refractivity contribution in [1.29, 1.82) is 0 Å². The van der Waals surface area contributed by atoms with Gasteiger partial charge < -0.3 is 10.1 Å². The first-order chi connectivity index (χ1) is 17.8. The van der Waals surface area contributed by atoms with Gasteiger partial charge in [0.1, 0.15) is 5.69 Å². The van der Waals surface area contributed by atoms with E-state index in [2.05, 4.69) is 36.6 Å². The van der Waals surface area contributed by atoms with Crippen LogP contribution in [-0.4, -0.2) is 65.9 Å². The second-order valence-electron chi connectivity index (χ2n) is 8.77. The average Bonchev–Trinajstić information content (AvgIpc) is 3.45. The van der Waals surface area contributed by atoms with Gasteiger partial charge in [0, 0.05) is 39.1 Å². The number of nitrogens with one attached hydrogen (secondary N) is 2. The Kier molecular flexibility index (Phi) is 8.67. The van der Waals surface area contributed by atoms with E-state index >= 15 is 0 Å². The lowest BCUT2D eigenvalue weighted by Gasteiger charge is -2.21. The fraction of sp³-hybridized carbons (Fsp3) is 0.346. The van der Waals surface area contributed by atoms with E-state index in [0.29, 0.717) is 47.8 Å². The summed E-state index contributed by atoms with van der Waals surface area (Å²) in [7, 11) is 1.61. The number of methoxy groups -OCH3 is 1. The smallest absolute Gasteiger partial charge is 0.320 e. The molecular weight excluding hydrogens is 548 g/mol. The number of benzene rings is 2. The van der Waals surface area contributed by atoms with Crippen molar-refractivity contribution in [3.63, 3.8) is 0 Å². The van der Waals surface area contributed by atoms with Crippen molar-refractivity contribution >= 4 is 33.6 Å². The van der Waals surface area contributed by atoms with Gasteiger partial charge >= 0.3 is 6.03 Å². The molecule has 11 heteroatoms. The fourth-order valence-corrected chi connectivity index (χ4v) is 5.00. The summed E-state index contributed by atoms with van der Waals surface area (Å²) in [5, 5.41) is 10.2. The van der Waals surface area contributed by atoms with Gasteiger partial charge in [0.15, 0.2) is 23.2 Å². The largest absolute Gasteiger partial charge is 0.383 e. The van der Waals surface area contributed by atoms with Crippen LogP contribution in [0.4, 0.5) is 19.4 Å². The molecule has 0 unspecified atom stereocenters. The molecule has 1 aromatic heterocycles. The van der Waals surface area contributed by atoms with Gasteiger partial charge in [-0.2, -0.15) is 5.10 Å². The number of ketones is 1. The van der Waals surface area contributed by atoms with Crippen molar-refractivity contribution in [1.82, 2.24) is 20.0 Å². The molecule has 2 atom stereocenters. The third kappa shape index (κ3) is 6.06. The number of aromatic nitrogens is 2. The van der Waals surface area contributed by atoms with Gasteiger partial charge in [-0.05, 0) is 45.8 Å². The van der Waals surface area contributed by atoms with E-state index in [1.165, 1.54) is 10.7 Å². The number of anilines is 1. The van der Waals surface area contributed by atoms with Crippen molar-refractivity contribution in [2.75, 3.05) is 38.7 Å². The first-order valence-electron chi connectivity index (χ1n) is 11.9. The zero-order valence-electron chi connectivity index (χ0n) is 20.5. The molecule has 1 saturated heterocycles. The van der Waals surface area contributed by atoms with E-state index in [4.69, 9.17) is 4.74 Å². The Hall–Kier alpha value is -3.15. The number of hydrogen-bond acceptors (Lipinski definition) is 5. The highest BCUT2D eigenvalue weighted by Crippen LogP contribution is 2.31. The second kappa shape index (κ2) is 11.9. The molecule has 0 radical (unpaired) electrons. The molecule has 0 bridgehead atoms. The molecule has 0 aliphatic carbocycles. The lowest BCUT2D eigenvalue weighted by Crippen LogP contribution is -2.42. The van der Waals surface area contributed by atoms with Crippen molar-refractivity contribution < 1.29 is 23.1 Å². The average molecular weight is 576 g/mol. The van der Waals surface area contributed by atoms with Crippen LogP contribution >= 0.6 is 15.9 Å². The first kappa shape index (κ1) is 26.9. The van der Waals surface area contributed by atoms with Gasteiger partial charge in [-0.1, -0.05) is 31.2 Å². The lowest BCUT2D eigenvalue weighted by molar-refractivity contribution is 0.0982. The molecule has 3 aromatic rings. The maximum absolute atomic E-state index is 14.0. The molecule has 4 rings (SSSR count). The number of amides is 2. The Morgan fingerprint density at radius 3 is 2.57 bits per heavy atom. The van der Waals surface area contributed by atoms with Gasteiger partial charge in [-0.25, -0.2) is 18.3 Å². The third-order valence-corrected chi connectivity index (χ3v) is 7.09. The lowest BCUT2D eigenvalue weighted by atomic mass is 9.94. The molecule has 1 fully saturated rings. The quantitative estimate of drug-likeness (QED) is 0.360. The number of nitrogens with zero attached hydrogens (tertiary/aromatic N) is 3. The van der Waals surface area contributed by atoms with Crippen LogP contribution in [0.25, 0.3) is 5.69 Å². The number of rotatable bonds is 9. The summed E-state index contributed by atoms with van der Waals surface area (Å²) in [5.74, 6) is -1.99. The summed E-state index contributed by atoms with van der Waals surface area (Å²) in [4.78, 5) is 27.8. The number of para-hydroxylation sites is 1. The van der Waals surface area contributed by atoms with Crippen LogP contribution in [0.15, 0.2) is 53.0 Å². The van der Waals surface area contributed by atoms with E-state index in [9.17, 15) is 18.4 Å². The highest BCUT2D eigenvalue weighted by atomic mass is 79.9. The summed E-state index contributed by atoms with van der Waals surface area (Å²) < 4.78 is 34.6. The zero-order valence-corrected chi connectivity index (χ0v) is 22.1. The van der Waals surface area contributed by atoms with Crippen LogP contribution in [0.2, 0.25) is 0 Å². The maximum atomic E-state index is 14.0. The highest BCUT2D eigenvalue weighted by Gasteiger charge is 2.35. The number of hydrogen-bond donors (Lipinski definition) is 2. The molecule has 2 heterocycles. The molecule has 2 aromatic carbocycles. The number of urea groups is 1. The van der Waals surface area contributed by atoms with Gasteiger partial charge in [0.25, 0.3) is 0 Å². The Morgan fingerprint density at radius 2 is 1.89 bits per heavy atom. The molecule has 0 saturated carbocycles. The molecule has 196 valence electrons. The van der Waals surface area contributed by atoms with Gasteiger partial charge in [-0.3, -0.25) is 15.0 Å². The third-order valence-electron chi connectivity index (χ3n) is 6.34. The summed E-state index contributed by atoms with van der Waals surface area (Å²) >= 11 is 3.44. The van der Waals surface area contributed by atoms with Gasteiger partial charge in [0.05, 0.1) is 22.8 Å². The number of carbonyl (C=O) groups excluding carboxylic acids is 2. The van der Waals surface area contributed by atoms with Crippen LogP contribution in [0.3, 0.4) is 0 Å². The summed E-state index contributed by atoms with van der Waals surface area (Å²) in [6.45, 7) is 3.91. The van der Waals surface area contributed by atoms with E-state index in [0.717, 1.165) is 6.07 Å². The predicted octanol–water partition coefficient (Wildman–Crippen LogP) is 4.74. The van der Waals surface area contributed by atoms with E-state index < -0.39 is 17.7 Å². The van der Waals surface area contributed by atoms with Crippen molar-refractivity contribution in [2.24, 2.45) is 0 Å². The standard InChI is InChI=1S/C26H28BrF2N5O3/c1-3-22(35)24-23(27)25(34(32-24)17-7-5-4-6-8-17)31-26(36)30-21-15-33(11-12-37-2)14-18(21)16-9-10-19(28)20(29)13-16/h4-10,13,18,21H,3,11-12,14-15H2,1-2H3,(H2,30,31,36)/t18-,21+/m0/s1. The van der Waals surface area contributed by atoms with Crippen LogP contribution < -0.4 is 10.6 Å². The second-order valence-corrected chi connectivity index (χ2v) is 9.57. The first-order valence-corrected chi connectivity index (χ1v) is 12.7. The van der Waals surface area contributed by atoms with Crippen molar-refractivity contribution in [3.8, 4) is 5.69 Å². The van der Waals surface area contributed by atoms with Crippen molar-refractivity contribution in [3.05, 3.63) is 75.9 Å². The maximum Gasteiger partial charge on any atom is 0.320 e. The molecular formula is C26H28BrF2N5O3. The molecule has 0 spiro atoms. The number of likely N-dealkylation sites (tertiary alicyclic amines) is 1. The van der Waals surface area contributed by atoms with Crippen LogP contribution in [-0.2, 0) is 4.74 Å². The molecule has 1 aliphatic heterocycles. The Labute approximate surface area is 222 Å². The van der Waals surface area contributed by atoms with E-state index in [-0.39, 0.29) is 29.9 Å². The highest BCUT2D eigenvalue weighted by molar-refractivity contribution is 9.10. The van der Waals surface area contributed by atoms with Crippen LogP contribution in [0, 0.1) is 11.6 Å². The minimum atomic E-state index is -0.931. The summed E-state index contributed by atoms with van der Waals surface area (Å²) in [5.41, 5.74) is 1.48. The number of carbonyl (C=O) groups is 2. The van der Waals surface area contributed by atoms with Crippen LogP contribution in [0.1, 0.15) is 35.3 Å². The Bertz CT molecular complexity index is 1270. The minimum absolute atomic E-state index is 0.173. The molecule has 37 heavy (non-hydrogen) atoms. The SMILES string of the molecule is CCC(=O)c1nn(-c2ccccc2)c(NC(=O)N[C@@H]2CN(CCOC)C[C@H]2c2ccc(F)c(F)c2)c1Br.